The normalized spacial score (nSPS) is 29.1. The molecule has 0 saturated heterocycles. The van der Waals surface area contributed by atoms with Gasteiger partial charge >= 0.3 is 0 Å². The minimum atomic E-state index is -0.249. The van der Waals surface area contributed by atoms with Crippen LogP contribution in [-0.2, 0) is 11.2 Å². The molecule has 2 rings (SSSR count). The van der Waals surface area contributed by atoms with Crippen molar-refractivity contribution in [3.05, 3.63) is 22.4 Å². The monoisotopic (exact) mass is 293 g/mol. The maximum Gasteiger partial charge on any atom is 0.226 e. The number of hydrogen-bond acceptors (Lipinski definition) is 2. The molecule has 1 aromatic heterocycles. The maximum atomic E-state index is 12.8. The number of hydrogen-bond donors (Lipinski definition) is 1. The number of thiophene rings is 1. The van der Waals surface area contributed by atoms with Crippen molar-refractivity contribution >= 4 is 17.2 Å². The fourth-order valence-electron chi connectivity index (χ4n) is 3.53. The Hall–Kier alpha value is -0.830. The van der Waals surface area contributed by atoms with Gasteiger partial charge in [-0.15, -0.1) is 11.3 Å². The lowest BCUT2D eigenvalue weighted by molar-refractivity contribution is -0.145. The van der Waals surface area contributed by atoms with Crippen molar-refractivity contribution in [2.75, 3.05) is 6.54 Å². The highest BCUT2D eigenvalue weighted by molar-refractivity contribution is 7.09. The summed E-state index contributed by atoms with van der Waals surface area (Å²) < 4.78 is 0. The summed E-state index contributed by atoms with van der Waals surface area (Å²) in [5, 5.41) is 5.27. The van der Waals surface area contributed by atoms with Gasteiger partial charge in [0.05, 0.1) is 5.41 Å². The predicted molar refractivity (Wildman–Crippen MR) is 85.9 cm³/mol. The van der Waals surface area contributed by atoms with Gasteiger partial charge in [0.2, 0.25) is 5.91 Å². The maximum absolute atomic E-state index is 12.8. The lowest BCUT2D eigenvalue weighted by atomic mass is 9.54. The first-order valence-electron chi connectivity index (χ1n) is 7.68. The highest BCUT2D eigenvalue weighted by Crippen LogP contribution is 2.53. The Morgan fingerprint density at radius 2 is 2.20 bits per heavy atom. The van der Waals surface area contributed by atoms with Gasteiger partial charge in [-0.1, -0.05) is 33.3 Å². The van der Waals surface area contributed by atoms with E-state index >= 15 is 0 Å². The van der Waals surface area contributed by atoms with Crippen molar-refractivity contribution in [2.45, 2.75) is 53.4 Å². The fraction of sp³-hybridized carbons (Fsp3) is 0.706. The molecule has 1 aliphatic rings. The van der Waals surface area contributed by atoms with E-state index in [9.17, 15) is 4.79 Å². The zero-order valence-corrected chi connectivity index (χ0v) is 14.0. The van der Waals surface area contributed by atoms with E-state index in [0.29, 0.717) is 5.92 Å². The van der Waals surface area contributed by atoms with Gasteiger partial charge in [0.15, 0.2) is 0 Å². The molecule has 0 unspecified atom stereocenters. The molecule has 0 aromatic carbocycles. The molecule has 0 radical (unpaired) electrons. The summed E-state index contributed by atoms with van der Waals surface area (Å²) in [5.74, 6) is 0.694. The van der Waals surface area contributed by atoms with E-state index in [2.05, 4.69) is 50.5 Å². The molecule has 20 heavy (non-hydrogen) atoms. The van der Waals surface area contributed by atoms with Crippen molar-refractivity contribution in [1.29, 1.82) is 0 Å². The molecule has 0 aliphatic heterocycles. The van der Waals surface area contributed by atoms with Gasteiger partial charge in [-0.2, -0.15) is 0 Å². The average Bonchev–Trinajstić information content (AvgIpc) is 2.88. The van der Waals surface area contributed by atoms with E-state index < -0.39 is 0 Å². The molecule has 1 fully saturated rings. The van der Waals surface area contributed by atoms with E-state index in [4.69, 9.17) is 0 Å². The number of nitrogens with one attached hydrogen (secondary N) is 1. The number of rotatable bonds is 4. The summed E-state index contributed by atoms with van der Waals surface area (Å²) in [7, 11) is 0. The molecule has 112 valence electrons. The second-order valence-electron chi connectivity index (χ2n) is 6.96. The molecule has 1 N–H and O–H groups in total. The lowest BCUT2D eigenvalue weighted by Crippen LogP contribution is -2.54. The van der Waals surface area contributed by atoms with Crippen LogP contribution in [0.3, 0.4) is 0 Å². The molecule has 2 atom stereocenters. The fourth-order valence-corrected chi connectivity index (χ4v) is 4.24. The minimum absolute atomic E-state index is 0.0810. The summed E-state index contributed by atoms with van der Waals surface area (Å²) in [5.41, 5.74) is -0.168. The highest BCUT2D eigenvalue weighted by atomic mass is 32.1. The SMILES string of the molecule is C[C@H]1CCCC(C)(C)[C@@]1(C)C(=O)NCCc1cccs1. The van der Waals surface area contributed by atoms with Crippen molar-refractivity contribution in [1.82, 2.24) is 5.32 Å². The Morgan fingerprint density at radius 3 is 2.80 bits per heavy atom. The first-order valence-corrected chi connectivity index (χ1v) is 8.56. The first kappa shape index (κ1) is 15.6. The molecule has 1 aliphatic carbocycles. The standard InChI is InChI=1S/C17H27NOS/c1-13-7-5-10-16(2,3)17(13,4)15(19)18-11-9-14-8-6-12-20-14/h6,8,12-13H,5,7,9-11H2,1-4H3,(H,18,19)/t13-,17+/m0/s1. The zero-order valence-electron chi connectivity index (χ0n) is 13.2. The van der Waals surface area contributed by atoms with Crippen molar-refractivity contribution < 1.29 is 4.79 Å². The van der Waals surface area contributed by atoms with Crippen LogP contribution in [0, 0.1) is 16.7 Å². The van der Waals surface area contributed by atoms with Crippen LogP contribution in [0.1, 0.15) is 51.8 Å². The number of amides is 1. The Kier molecular flexibility index (Phi) is 4.58. The topological polar surface area (TPSA) is 29.1 Å². The van der Waals surface area contributed by atoms with Crippen LogP contribution in [0.5, 0.6) is 0 Å². The van der Waals surface area contributed by atoms with Gasteiger partial charge in [-0.05, 0) is 49.0 Å². The lowest BCUT2D eigenvalue weighted by Gasteiger charge is -2.50. The second kappa shape index (κ2) is 5.88. The Bertz CT molecular complexity index is 452. The summed E-state index contributed by atoms with van der Waals surface area (Å²) in [6, 6.07) is 4.20. The summed E-state index contributed by atoms with van der Waals surface area (Å²) in [6.07, 6.45) is 4.49. The van der Waals surface area contributed by atoms with E-state index in [-0.39, 0.29) is 16.7 Å². The van der Waals surface area contributed by atoms with E-state index in [1.807, 2.05) is 0 Å². The van der Waals surface area contributed by atoms with E-state index in [1.165, 1.54) is 11.3 Å². The minimum Gasteiger partial charge on any atom is -0.355 e. The van der Waals surface area contributed by atoms with Gasteiger partial charge in [0.1, 0.15) is 0 Å². The van der Waals surface area contributed by atoms with Crippen molar-refractivity contribution in [2.24, 2.45) is 16.7 Å². The average molecular weight is 293 g/mol. The molecule has 0 bridgehead atoms. The third kappa shape index (κ3) is 2.78. The number of carbonyl (C=O) groups is 1. The summed E-state index contributed by atoms with van der Waals surface area (Å²) in [4.78, 5) is 14.1. The first-order chi connectivity index (χ1) is 9.38. The van der Waals surface area contributed by atoms with Crippen LogP contribution >= 0.6 is 11.3 Å². The van der Waals surface area contributed by atoms with Crippen molar-refractivity contribution in [3.8, 4) is 0 Å². The molecule has 1 amide bonds. The van der Waals surface area contributed by atoms with Crippen LogP contribution in [0.25, 0.3) is 0 Å². The zero-order chi connectivity index (χ0) is 14.8. The third-order valence-corrected chi connectivity index (χ3v) is 6.48. The van der Waals surface area contributed by atoms with Gasteiger partial charge in [0, 0.05) is 11.4 Å². The van der Waals surface area contributed by atoms with Crippen molar-refractivity contribution in [3.63, 3.8) is 0 Å². The molecule has 1 aromatic rings. The predicted octanol–water partition coefficient (Wildman–Crippen LogP) is 4.26. The van der Waals surface area contributed by atoms with Gasteiger partial charge in [0.25, 0.3) is 0 Å². The summed E-state index contributed by atoms with van der Waals surface area (Å²) >= 11 is 1.76. The Morgan fingerprint density at radius 1 is 1.45 bits per heavy atom. The molecule has 1 heterocycles. The molecular weight excluding hydrogens is 266 g/mol. The molecular formula is C17H27NOS. The molecule has 2 nitrogen and oxygen atoms in total. The second-order valence-corrected chi connectivity index (χ2v) is 8.00. The van der Waals surface area contributed by atoms with E-state index in [1.54, 1.807) is 11.3 Å². The van der Waals surface area contributed by atoms with E-state index in [0.717, 1.165) is 25.8 Å². The Balaban J connectivity index is 1.98. The van der Waals surface area contributed by atoms with Crippen LogP contribution in [-0.4, -0.2) is 12.5 Å². The largest absolute Gasteiger partial charge is 0.355 e. The van der Waals surface area contributed by atoms with Crippen LogP contribution < -0.4 is 5.32 Å². The highest BCUT2D eigenvalue weighted by Gasteiger charge is 2.52. The van der Waals surface area contributed by atoms with Crippen LogP contribution in [0.15, 0.2) is 17.5 Å². The van der Waals surface area contributed by atoms with Crippen LogP contribution in [0.4, 0.5) is 0 Å². The quantitative estimate of drug-likeness (QED) is 0.883. The van der Waals surface area contributed by atoms with Gasteiger partial charge in [-0.25, -0.2) is 0 Å². The number of carbonyl (C=O) groups excluding carboxylic acids is 1. The van der Waals surface area contributed by atoms with Gasteiger partial charge < -0.3 is 5.32 Å². The Labute approximate surface area is 127 Å². The third-order valence-electron chi connectivity index (χ3n) is 5.54. The molecule has 3 heteroatoms. The molecule has 1 saturated carbocycles. The smallest absolute Gasteiger partial charge is 0.226 e. The van der Waals surface area contributed by atoms with Gasteiger partial charge in [-0.3, -0.25) is 4.79 Å². The molecule has 0 spiro atoms. The summed E-state index contributed by atoms with van der Waals surface area (Å²) in [6.45, 7) is 9.65. The van der Waals surface area contributed by atoms with Crippen LogP contribution in [0.2, 0.25) is 0 Å².